The molecule has 0 radical (unpaired) electrons. The van der Waals surface area contributed by atoms with Gasteiger partial charge in [-0.05, 0) is 135 Å². The molecule has 10 heterocycles. The lowest BCUT2D eigenvalue weighted by Crippen LogP contribution is -1.97. The van der Waals surface area contributed by atoms with Gasteiger partial charge in [0.15, 0.2) is 11.6 Å². The molecule has 0 fully saturated rings. The zero-order valence-electron chi connectivity index (χ0n) is 64.5. The van der Waals surface area contributed by atoms with Gasteiger partial charge in [-0.1, -0.05) is 291 Å². The van der Waals surface area contributed by atoms with Crippen molar-refractivity contribution < 1.29 is 0 Å². The Kier molecular flexibility index (Phi) is 17.6. The van der Waals surface area contributed by atoms with E-state index in [0.717, 1.165) is 222 Å². The second-order valence-electron chi connectivity index (χ2n) is 29.9. The molecule has 0 aliphatic carbocycles. The molecule has 558 valence electrons. The summed E-state index contributed by atoms with van der Waals surface area (Å²) >= 11 is 0. The Morgan fingerprint density at radius 2 is 0.450 bits per heavy atom. The molecule has 0 amide bonds. The van der Waals surface area contributed by atoms with Crippen LogP contribution in [0.1, 0.15) is 0 Å². The minimum atomic E-state index is 0.583. The van der Waals surface area contributed by atoms with E-state index in [-0.39, 0.29) is 0 Å². The highest BCUT2D eigenvalue weighted by Crippen LogP contribution is 2.41. The third-order valence-electron chi connectivity index (χ3n) is 22.5. The van der Waals surface area contributed by atoms with E-state index in [2.05, 4.69) is 277 Å². The first-order valence-corrected chi connectivity index (χ1v) is 39.9. The summed E-state index contributed by atoms with van der Waals surface area (Å²) in [6.45, 7) is 0. The highest BCUT2D eigenvalue weighted by molar-refractivity contribution is 6.11. The molecule has 0 spiro atoms. The van der Waals surface area contributed by atoms with Crippen molar-refractivity contribution in [1.29, 1.82) is 0 Å². The molecule has 10 aromatic heterocycles. The topological polar surface area (TPSA) is 155 Å². The lowest BCUT2D eigenvalue weighted by atomic mass is 9.95. The predicted molar refractivity (Wildman–Crippen MR) is 489 cm³/mol. The fourth-order valence-electron chi connectivity index (χ4n) is 16.4. The number of hydrogen-bond acceptors (Lipinski definition) is 12. The molecule has 0 aliphatic rings. The van der Waals surface area contributed by atoms with Gasteiger partial charge in [0, 0.05) is 101 Å². The average molecular weight is 1530 g/mol. The van der Waals surface area contributed by atoms with Crippen molar-refractivity contribution in [1.82, 2.24) is 59.8 Å². The Labute approximate surface area is 689 Å². The maximum atomic E-state index is 5.29. The summed E-state index contributed by atoms with van der Waals surface area (Å²) in [5, 5.41) is 10.8. The molecule has 12 heteroatoms. The van der Waals surface area contributed by atoms with E-state index in [0.29, 0.717) is 11.6 Å². The third kappa shape index (κ3) is 13.4. The quantitative estimate of drug-likeness (QED) is 0.107. The molecule has 23 aromatic rings. The van der Waals surface area contributed by atoms with Crippen LogP contribution in [-0.2, 0) is 0 Å². The summed E-state index contributed by atoms with van der Waals surface area (Å²) in [5.41, 5.74) is 28.7. The molecular weight excluding hydrogens is 1470 g/mol. The van der Waals surface area contributed by atoms with Crippen LogP contribution in [0.5, 0.6) is 0 Å². The number of fused-ring (bicyclic) bond motifs is 11. The number of benzene rings is 13. The van der Waals surface area contributed by atoms with Crippen LogP contribution in [0.2, 0.25) is 0 Å². The smallest absolute Gasteiger partial charge is 0.179 e. The lowest BCUT2D eigenvalue weighted by Gasteiger charge is -2.13. The van der Waals surface area contributed by atoms with Crippen molar-refractivity contribution in [2.24, 2.45) is 0 Å². The Morgan fingerprint density at radius 3 is 0.908 bits per heavy atom. The summed E-state index contributed by atoms with van der Waals surface area (Å²) in [4.78, 5) is 60.0. The van der Waals surface area contributed by atoms with Gasteiger partial charge in [-0.25, -0.2) is 44.9 Å². The zero-order valence-corrected chi connectivity index (χ0v) is 64.5. The molecule has 120 heavy (non-hydrogen) atoms. The molecule has 0 saturated heterocycles. The first-order valence-electron chi connectivity index (χ1n) is 39.9. The lowest BCUT2D eigenvalue weighted by molar-refractivity contribution is 1.16. The number of hydrogen-bond donors (Lipinski definition) is 0. The number of nitrogens with zero attached hydrogens (tertiary/aromatic N) is 12. The van der Waals surface area contributed by atoms with E-state index in [1.165, 1.54) is 0 Å². The number of rotatable bonds is 12. The van der Waals surface area contributed by atoms with Gasteiger partial charge in [-0.15, -0.1) is 0 Å². The van der Waals surface area contributed by atoms with Gasteiger partial charge in [0.1, 0.15) is 11.4 Å². The highest BCUT2D eigenvalue weighted by atomic mass is 14.9. The third-order valence-corrected chi connectivity index (χ3v) is 22.5. The summed E-state index contributed by atoms with van der Waals surface area (Å²) < 4.78 is 0. The first kappa shape index (κ1) is 70.2. The fourth-order valence-corrected chi connectivity index (χ4v) is 16.4. The molecule has 0 N–H and O–H groups in total. The molecule has 0 unspecified atom stereocenters. The standard InChI is InChI=1S/C56H34N6.C52H32N6/c1-3-10-35(11-4-1)52-34-53(36-12-5-2-6-13-36)62-56(61-52)49-30-24-38-18-22-42(33-51(38)59-49)41-21-17-37-23-28-47(58-50(37)32-41)45-26-27-46(44-16-8-7-15-43(44)45)48-29-25-40-20-19-39-14-9-31-57-54(39)55(40)60-48;1-3-9-34(10-4-1)48-32-49(35-11-5-2-6-12-35)58-52(57-48)45-26-24-38-20-22-40(31-47(38)56-45)39-21-19-37-23-25-44(55-46(37)30-39)36-17-15-33(16-18-36)43-29-41-13-7-27-53-50(41)51-42(43)14-8-28-54-51/h1-34H;1-32H. The molecule has 0 aliphatic heterocycles. The van der Waals surface area contributed by atoms with Gasteiger partial charge in [-0.3, -0.25) is 15.0 Å². The Morgan fingerprint density at radius 1 is 0.142 bits per heavy atom. The Balaban J connectivity index is 0.000000144. The van der Waals surface area contributed by atoms with Crippen LogP contribution in [0.4, 0.5) is 0 Å². The second-order valence-corrected chi connectivity index (χ2v) is 29.9. The van der Waals surface area contributed by atoms with Gasteiger partial charge in [0.2, 0.25) is 0 Å². The largest absolute Gasteiger partial charge is 0.254 e. The highest BCUT2D eigenvalue weighted by Gasteiger charge is 2.20. The van der Waals surface area contributed by atoms with Gasteiger partial charge in [0.25, 0.3) is 0 Å². The number of pyridine rings is 8. The van der Waals surface area contributed by atoms with E-state index in [4.69, 9.17) is 49.8 Å². The van der Waals surface area contributed by atoms with Crippen molar-refractivity contribution in [3.05, 3.63) is 401 Å². The van der Waals surface area contributed by atoms with Gasteiger partial charge < -0.3 is 0 Å². The van der Waals surface area contributed by atoms with E-state index < -0.39 is 0 Å². The first-order chi connectivity index (χ1) is 59.4. The van der Waals surface area contributed by atoms with Crippen molar-refractivity contribution in [3.8, 4) is 135 Å². The summed E-state index contributed by atoms with van der Waals surface area (Å²) in [7, 11) is 0. The monoisotopic (exact) mass is 1530 g/mol. The van der Waals surface area contributed by atoms with E-state index >= 15 is 0 Å². The van der Waals surface area contributed by atoms with Crippen molar-refractivity contribution in [3.63, 3.8) is 0 Å². The van der Waals surface area contributed by atoms with Crippen LogP contribution < -0.4 is 0 Å². The molecule has 0 bridgehead atoms. The molecule has 0 atom stereocenters. The van der Waals surface area contributed by atoms with Gasteiger partial charge in [-0.2, -0.15) is 0 Å². The van der Waals surface area contributed by atoms with Crippen LogP contribution in [-0.4, -0.2) is 59.8 Å². The Bertz CT molecular complexity index is 7850. The van der Waals surface area contributed by atoms with Crippen LogP contribution in [0.25, 0.3) is 233 Å². The van der Waals surface area contributed by atoms with Crippen molar-refractivity contribution >= 4 is 98.0 Å². The average Bonchev–Trinajstić information content (AvgIpc) is 0.748. The molecular formula is C108H66N12. The predicted octanol–water partition coefficient (Wildman–Crippen LogP) is 26.5. The maximum absolute atomic E-state index is 5.29. The van der Waals surface area contributed by atoms with Gasteiger partial charge >= 0.3 is 0 Å². The van der Waals surface area contributed by atoms with E-state index in [9.17, 15) is 0 Å². The molecule has 13 aromatic carbocycles. The van der Waals surface area contributed by atoms with Crippen LogP contribution in [0.3, 0.4) is 0 Å². The minimum Gasteiger partial charge on any atom is -0.254 e. The SMILES string of the molecule is c1ccc(-c2cc(-c3ccccc3)nc(-c3ccc4ccc(-c5ccc6ccc(-c7ccc(-c8cc9cccnc9c9ncccc89)cc7)nc6c5)cc4n3)n2)cc1.c1ccc(-c2cc(-c3ccccc3)nc(-c3ccc4ccc(-c5ccc6ccc(-c7ccc(-c8ccc9ccc%10cccnc%10c9n8)c8ccccc78)nc6c5)cc4n3)n2)cc1. The zero-order chi connectivity index (χ0) is 79.4. The van der Waals surface area contributed by atoms with Crippen LogP contribution in [0, 0.1) is 0 Å². The molecule has 0 saturated carbocycles. The molecule has 12 nitrogen and oxygen atoms in total. The normalized spacial score (nSPS) is 11.5. The summed E-state index contributed by atoms with van der Waals surface area (Å²) in [6.07, 6.45) is 5.49. The van der Waals surface area contributed by atoms with Crippen LogP contribution in [0.15, 0.2) is 401 Å². The van der Waals surface area contributed by atoms with E-state index in [1.807, 2.05) is 134 Å². The van der Waals surface area contributed by atoms with E-state index in [1.54, 1.807) is 0 Å². The summed E-state index contributed by atoms with van der Waals surface area (Å²) in [5.74, 6) is 1.17. The van der Waals surface area contributed by atoms with Crippen LogP contribution >= 0.6 is 0 Å². The second kappa shape index (κ2) is 30.1. The van der Waals surface area contributed by atoms with Crippen molar-refractivity contribution in [2.45, 2.75) is 0 Å². The maximum Gasteiger partial charge on any atom is 0.179 e. The molecule has 23 rings (SSSR count). The number of aromatic nitrogens is 12. The fraction of sp³-hybridized carbons (Fsp3) is 0. The minimum absolute atomic E-state index is 0.583. The van der Waals surface area contributed by atoms with Gasteiger partial charge in [0.05, 0.1) is 84.0 Å². The summed E-state index contributed by atoms with van der Waals surface area (Å²) in [6, 6.07) is 132. The van der Waals surface area contributed by atoms with Crippen molar-refractivity contribution in [2.75, 3.05) is 0 Å². The Hall–Kier alpha value is -16.4.